The van der Waals surface area contributed by atoms with Crippen LogP contribution in [0.1, 0.15) is 75.6 Å². The summed E-state index contributed by atoms with van der Waals surface area (Å²) in [7, 11) is 0. The molecule has 3 aromatic heterocycles. The SMILES string of the molecule is CCCc1c(CCC)c(CCC)c2c3nc4nc(nc5c6c(F)c(F)c(F)c(F)c6c(nc6nc(nc([nH]3)c2c1CCC)-c1ccccc1-6)n5N)-c1c(F)c(F)c(F)c(F)c1-4. The molecule has 0 amide bonds. The molecule has 0 spiro atoms. The van der Waals surface area contributed by atoms with Gasteiger partial charge in [0.2, 0.25) is 0 Å². The Kier molecular flexibility index (Phi) is 9.74. The molecule has 2 aliphatic rings. The van der Waals surface area contributed by atoms with E-state index in [1.807, 2.05) is 13.8 Å². The third-order valence-corrected chi connectivity index (χ3v) is 11.2. The Labute approximate surface area is 341 Å². The van der Waals surface area contributed by atoms with E-state index in [1.54, 1.807) is 24.3 Å². The number of nitrogens with one attached hydrogen (secondary N) is 1. The highest BCUT2D eigenvalue weighted by Gasteiger charge is 2.35. The van der Waals surface area contributed by atoms with Crippen LogP contribution in [0.25, 0.3) is 89.7 Å². The summed E-state index contributed by atoms with van der Waals surface area (Å²) in [6, 6.07) is 6.75. The van der Waals surface area contributed by atoms with Gasteiger partial charge in [-0.25, -0.2) is 69.7 Å². The summed E-state index contributed by atoms with van der Waals surface area (Å²) >= 11 is 0. The summed E-state index contributed by atoms with van der Waals surface area (Å²) < 4.78 is 125. The lowest BCUT2D eigenvalue weighted by molar-refractivity contribution is 0.412. The molecule has 0 radical (unpaired) electrons. The molecule has 9 nitrogen and oxygen atoms in total. The van der Waals surface area contributed by atoms with E-state index in [2.05, 4.69) is 33.8 Å². The second kappa shape index (κ2) is 14.9. The Morgan fingerprint density at radius 3 is 1.26 bits per heavy atom. The molecule has 3 N–H and O–H groups in total. The summed E-state index contributed by atoms with van der Waals surface area (Å²) in [5, 5.41) is -0.764. The number of rotatable bonds is 8. The summed E-state index contributed by atoms with van der Waals surface area (Å²) in [6.45, 7) is 8.24. The molecule has 8 bridgehead atoms. The Bertz CT molecular complexity index is 3210. The summed E-state index contributed by atoms with van der Waals surface area (Å²) in [5.41, 5.74) is 1.79. The van der Waals surface area contributed by atoms with Crippen molar-refractivity contribution < 1.29 is 35.1 Å². The van der Waals surface area contributed by atoms with Crippen molar-refractivity contribution in [3.63, 3.8) is 0 Å². The third-order valence-electron chi connectivity index (χ3n) is 11.2. The van der Waals surface area contributed by atoms with Crippen molar-refractivity contribution in [2.45, 2.75) is 79.1 Å². The van der Waals surface area contributed by atoms with Crippen molar-refractivity contribution in [2.75, 3.05) is 5.84 Å². The minimum atomic E-state index is -2.24. The Morgan fingerprint density at radius 1 is 0.443 bits per heavy atom. The van der Waals surface area contributed by atoms with E-state index in [0.29, 0.717) is 45.8 Å². The van der Waals surface area contributed by atoms with Crippen molar-refractivity contribution in [1.29, 1.82) is 0 Å². The van der Waals surface area contributed by atoms with E-state index in [9.17, 15) is 8.78 Å². The van der Waals surface area contributed by atoms with E-state index in [1.165, 1.54) is 5.56 Å². The minimum absolute atomic E-state index is 0.0823. The van der Waals surface area contributed by atoms with E-state index in [-0.39, 0.29) is 22.9 Å². The fourth-order valence-electron chi connectivity index (χ4n) is 8.77. The van der Waals surface area contributed by atoms with Gasteiger partial charge in [-0.3, -0.25) is 0 Å². The number of hydrogen-bond donors (Lipinski definition) is 2. The predicted octanol–water partition coefficient (Wildman–Crippen LogP) is 11.0. The van der Waals surface area contributed by atoms with Crippen LogP contribution in [0.3, 0.4) is 0 Å². The molecule has 17 heteroatoms. The van der Waals surface area contributed by atoms with Crippen molar-refractivity contribution in [2.24, 2.45) is 0 Å². The fourth-order valence-corrected chi connectivity index (χ4v) is 8.77. The highest BCUT2D eigenvalue weighted by molar-refractivity contribution is 6.10. The molecule has 9 rings (SSSR count). The second-order valence-electron chi connectivity index (χ2n) is 15.0. The Hall–Kier alpha value is -6.52. The van der Waals surface area contributed by atoms with Gasteiger partial charge in [0.25, 0.3) is 0 Å². The smallest absolute Gasteiger partial charge is 0.198 e. The normalized spacial score (nSPS) is 12.2. The zero-order valence-corrected chi connectivity index (χ0v) is 33.2. The average molecular weight is 842 g/mol. The molecule has 312 valence electrons. The first-order valence-electron chi connectivity index (χ1n) is 20.0. The van der Waals surface area contributed by atoms with Gasteiger partial charge in [-0.05, 0) is 47.9 Å². The number of aryl methyl sites for hydroxylation is 2. The van der Waals surface area contributed by atoms with Gasteiger partial charge in [-0.1, -0.05) is 77.6 Å². The quantitative estimate of drug-likeness (QED) is 0.0675. The van der Waals surface area contributed by atoms with Gasteiger partial charge in [0, 0.05) is 21.9 Å². The lowest BCUT2D eigenvalue weighted by Gasteiger charge is -2.21. The van der Waals surface area contributed by atoms with Crippen LogP contribution in [-0.2, 0) is 25.7 Å². The maximum absolute atomic E-state index is 16.1. The number of nitrogen functional groups attached to an aromatic ring is 1. The molecule has 7 aromatic rings. The maximum Gasteiger partial charge on any atom is 0.198 e. The number of nitrogens with zero attached hydrogens (tertiary/aromatic N) is 7. The van der Waals surface area contributed by atoms with Crippen LogP contribution in [0, 0.1) is 46.5 Å². The van der Waals surface area contributed by atoms with Crippen molar-refractivity contribution in [3.8, 4) is 45.6 Å². The van der Waals surface area contributed by atoms with Crippen molar-refractivity contribution in [3.05, 3.63) is 93.1 Å². The molecular weight excluding hydrogens is 807 g/mol. The van der Waals surface area contributed by atoms with Gasteiger partial charge in [-0.15, -0.1) is 0 Å². The van der Waals surface area contributed by atoms with Crippen LogP contribution in [0.2, 0.25) is 0 Å². The molecule has 0 saturated carbocycles. The number of halogens is 8. The van der Waals surface area contributed by atoms with Gasteiger partial charge in [0.05, 0.1) is 21.9 Å². The molecule has 2 aliphatic heterocycles. The second-order valence-corrected chi connectivity index (χ2v) is 15.0. The first-order chi connectivity index (χ1) is 29.4. The molecule has 4 aromatic carbocycles. The van der Waals surface area contributed by atoms with Crippen LogP contribution in [0.5, 0.6) is 0 Å². The third kappa shape index (κ3) is 5.79. The molecule has 0 atom stereocenters. The molecule has 0 saturated heterocycles. The van der Waals surface area contributed by atoms with E-state index in [4.69, 9.17) is 20.8 Å². The zero-order valence-electron chi connectivity index (χ0n) is 33.2. The van der Waals surface area contributed by atoms with Crippen molar-refractivity contribution >= 4 is 44.1 Å². The van der Waals surface area contributed by atoms with Crippen LogP contribution in [0.4, 0.5) is 35.1 Å². The number of hydrogen-bond acceptors (Lipinski definition) is 7. The van der Waals surface area contributed by atoms with Gasteiger partial charge in [-0.2, -0.15) is 0 Å². The molecular formula is C44H35F8N9. The first kappa shape index (κ1) is 39.9. The van der Waals surface area contributed by atoms with Gasteiger partial charge >= 0.3 is 0 Å². The van der Waals surface area contributed by atoms with Crippen LogP contribution in [-0.4, -0.2) is 39.6 Å². The number of fused-ring (bicyclic) bond motifs is 20. The molecule has 5 heterocycles. The molecule has 0 aliphatic carbocycles. The van der Waals surface area contributed by atoms with E-state index >= 15 is 26.3 Å². The average Bonchev–Trinajstić information content (AvgIpc) is 3.97. The van der Waals surface area contributed by atoms with E-state index < -0.39 is 91.4 Å². The van der Waals surface area contributed by atoms with Crippen molar-refractivity contribution in [1.82, 2.24) is 39.6 Å². The van der Waals surface area contributed by atoms with Gasteiger partial charge < -0.3 is 10.8 Å². The number of aromatic nitrogens is 8. The Morgan fingerprint density at radius 2 is 0.803 bits per heavy atom. The molecule has 0 unspecified atom stereocenters. The standard InChI is InChI=1S/C44H35F8N9/c1-5-11-17-18(12-6-2)20(14-8-4)24-23(19(17)13-7-3)39-55-37-21-15-9-10-16-22(21)38(54-37)59-43-27-28(32(48)36(52)35(51)31(27)47)44(61(43)53)60-42-26-25(41(58-42)57-40(24)56-39)29(45)33(49)34(50)30(26)46/h9-10,15-16H,5-8,11-14,53H2,1-4H3,(H,54,55,56,57,58,59,60). The van der Waals surface area contributed by atoms with Gasteiger partial charge in [0.15, 0.2) is 81.1 Å². The van der Waals surface area contributed by atoms with Gasteiger partial charge in [0.1, 0.15) is 11.3 Å². The molecule has 0 fully saturated rings. The fraction of sp³-hybridized carbons (Fsp3) is 0.273. The van der Waals surface area contributed by atoms with Crippen LogP contribution in [0.15, 0.2) is 24.3 Å². The highest BCUT2D eigenvalue weighted by atomic mass is 19.2. The largest absolute Gasteiger partial charge is 0.336 e. The number of H-pyrrole nitrogens is 1. The number of nitrogens with two attached hydrogens (primary N) is 1. The minimum Gasteiger partial charge on any atom is -0.336 e. The lowest BCUT2D eigenvalue weighted by Crippen LogP contribution is -2.09. The predicted molar refractivity (Wildman–Crippen MR) is 215 cm³/mol. The number of benzene rings is 4. The number of aromatic amines is 1. The zero-order chi connectivity index (χ0) is 43.2. The lowest BCUT2D eigenvalue weighted by atomic mass is 9.83. The van der Waals surface area contributed by atoms with Crippen LogP contribution < -0.4 is 5.84 Å². The summed E-state index contributed by atoms with van der Waals surface area (Å²) in [6.07, 6.45) is 5.77. The molecule has 61 heavy (non-hydrogen) atoms. The first-order valence-corrected chi connectivity index (χ1v) is 20.0. The topological polar surface area (TPSA) is 124 Å². The van der Waals surface area contributed by atoms with E-state index in [0.717, 1.165) is 48.8 Å². The summed E-state index contributed by atoms with van der Waals surface area (Å²) in [5.74, 6) is -11.7. The van der Waals surface area contributed by atoms with Crippen LogP contribution >= 0.6 is 0 Å². The monoisotopic (exact) mass is 841 g/mol. The maximum atomic E-state index is 16.1. The summed E-state index contributed by atoms with van der Waals surface area (Å²) in [4.78, 5) is 30.6. The highest BCUT2D eigenvalue weighted by Crippen LogP contribution is 2.44. The Balaban J connectivity index is 1.61.